The first kappa shape index (κ1) is 16.8. The largest absolute Gasteiger partial charge is 0.497 e. The predicted molar refractivity (Wildman–Crippen MR) is 99.9 cm³/mol. The summed E-state index contributed by atoms with van der Waals surface area (Å²) in [5, 5.41) is 6.55. The number of methoxy groups -OCH3 is 1. The number of halogens is 1. The van der Waals surface area contributed by atoms with Crippen molar-refractivity contribution >= 4 is 34.7 Å². The third-order valence-corrected chi connectivity index (χ3v) is 3.82. The minimum absolute atomic E-state index is 0.252. The van der Waals surface area contributed by atoms with Crippen molar-refractivity contribution in [1.82, 2.24) is 4.98 Å². The highest BCUT2D eigenvalue weighted by molar-refractivity contribution is 6.33. The summed E-state index contributed by atoms with van der Waals surface area (Å²) in [6.07, 6.45) is 1.63. The van der Waals surface area contributed by atoms with Gasteiger partial charge in [-0.2, -0.15) is 0 Å². The SMILES string of the molecule is COc1cccc(C(=O)Nc2ccc(Nc3ccccc3Cl)cn2)c1. The van der Waals surface area contributed by atoms with E-state index >= 15 is 0 Å². The van der Waals surface area contributed by atoms with Crippen LogP contribution in [0, 0.1) is 0 Å². The van der Waals surface area contributed by atoms with Crippen molar-refractivity contribution < 1.29 is 9.53 Å². The molecule has 2 aromatic carbocycles. The van der Waals surface area contributed by atoms with E-state index < -0.39 is 0 Å². The Morgan fingerprint density at radius 1 is 1.08 bits per heavy atom. The van der Waals surface area contributed by atoms with E-state index in [2.05, 4.69) is 15.6 Å². The maximum absolute atomic E-state index is 12.3. The lowest BCUT2D eigenvalue weighted by molar-refractivity contribution is 0.102. The zero-order valence-corrected chi connectivity index (χ0v) is 14.2. The molecular weight excluding hydrogens is 338 g/mol. The van der Waals surface area contributed by atoms with E-state index in [4.69, 9.17) is 16.3 Å². The highest BCUT2D eigenvalue weighted by Gasteiger charge is 2.08. The number of rotatable bonds is 5. The number of nitrogens with zero attached hydrogens (tertiary/aromatic N) is 1. The topological polar surface area (TPSA) is 63.2 Å². The number of hydrogen-bond donors (Lipinski definition) is 2. The second-order valence-electron chi connectivity index (χ2n) is 5.22. The summed E-state index contributed by atoms with van der Waals surface area (Å²) in [5.74, 6) is 0.829. The normalized spacial score (nSPS) is 10.2. The fourth-order valence-corrected chi connectivity index (χ4v) is 2.40. The average Bonchev–Trinajstić information content (AvgIpc) is 2.65. The Morgan fingerprint density at radius 3 is 2.64 bits per heavy atom. The van der Waals surface area contributed by atoms with Crippen LogP contribution in [0.1, 0.15) is 10.4 Å². The molecule has 0 aliphatic carbocycles. The average molecular weight is 354 g/mol. The van der Waals surface area contributed by atoms with E-state index in [1.165, 1.54) is 0 Å². The molecule has 1 amide bonds. The van der Waals surface area contributed by atoms with Crippen LogP contribution in [0.3, 0.4) is 0 Å². The monoisotopic (exact) mass is 353 g/mol. The van der Waals surface area contributed by atoms with E-state index in [0.717, 1.165) is 11.4 Å². The number of nitrogens with one attached hydrogen (secondary N) is 2. The van der Waals surface area contributed by atoms with Crippen molar-refractivity contribution in [3.63, 3.8) is 0 Å². The van der Waals surface area contributed by atoms with E-state index in [1.807, 2.05) is 24.3 Å². The zero-order valence-electron chi connectivity index (χ0n) is 13.5. The lowest BCUT2D eigenvalue weighted by Crippen LogP contribution is -2.12. The standard InChI is InChI=1S/C19H16ClN3O2/c1-25-15-6-4-5-13(11-15)19(24)23-18-10-9-14(12-21-18)22-17-8-3-2-7-16(17)20/h2-12,22H,1H3,(H,21,23,24). The first-order valence-corrected chi connectivity index (χ1v) is 7.96. The molecule has 0 aliphatic rings. The number of carbonyl (C=O) groups is 1. The van der Waals surface area contributed by atoms with Gasteiger partial charge in [-0.15, -0.1) is 0 Å². The molecule has 0 spiro atoms. The van der Waals surface area contributed by atoms with Gasteiger partial charge in [-0.25, -0.2) is 4.98 Å². The molecule has 0 bridgehead atoms. The van der Waals surface area contributed by atoms with Crippen molar-refractivity contribution in [2.75, 3.05) is 17.7 Å². The summed E-state index contributed by atoms with van der Waals surface area (Å²) in [4.78, 5) is 16.5. The van der Waals surface area contributed by atoms with Crippen LogP contribution < -0.4 is 15.4 Å². The Bertz CT molecular complexity index is 882. The van der Waals surface area contributed by atoms with Crippen molar-refractivity contribution in [2.24, 2.45) is 0 Å². The number of pyridine rings is 1. The molecule has 126 valence electrons. The van der Waals surface area contributed by atoms with Crippen LogP contribution in [0.5, 0.6) is 5.75 Å². The number of para-hydroxylation sites is 1. The molecule has 0 fully saturated rings. The third kappa shape index (κ3) is 4.28. The van der Waals surface area contributed by atoms with Gasteiger partial charge in [-0.3, -0.25) is 4.79 Å². The number of anilines is 3. The van der Waals surface area contributed by atoms with Crippen LogP contribution in [0.25, 0.3) is 0 Å². The number of ether oxygens (including phenoxy) is 1. The molecule has 2 N–H and O–H groups in total. The van der Waals surface area contributed by atoms with Gasteiger partial charge in [0, 0.05) is 5.56 Å². The smallest absolute Gasteiger partial charge is 0.256 e. The van der Waals surface area contributed by atoms with E-state index in [9.17, 15) is 4.79 Å². The van der Waals surface area contributed by atoms with E-state index in [0.29, 0.717) is 22.2 Å². The van der Waals surface area contributed by atoms with Crippen LogP contribution in [-0.4, -0.2) is 18.0 Å². The maximum Gasteiger partial charge on any atom is 0.256 e. The van der Waals surface area contributed by atoms with Crippen LogP contribution >= 0.6 is 11.6 Å². The Labute approximate surface area is 150 Å². The molecule has 0 saturated heterocycles. The number of carbonyl (C=O) groups excluding carboxylic acids is 1. The molecule has 0 aliphatic heterocycles. The molecule has 1 heterocycles. The number of benzene rings is 2. The molecule has 0 radical (unpaired) electrons. The van der Waals surface area contributed by atoms with Gasteiger partial charge < -0.3 is 15.4 Å². The van der Waals surface area contributed by atoms with Crippen LogP contribution in [0.4, 0.5) is 17.2 Å². The molecule has 0 atom stereocenters. The second-order valence-corrected chi connectivity index (χ2v) is 5.63. The minimum Gasteiger partial charge on any atom is -0.497 e. The minimum atomic E-state index is -0.252. The zero-order chi connectivity index (χ0) is 17.6. The van der Waals surface area contributed by atoms with Crippen molar-refractivity contribution in [1.29, 1.82) is 0 Å². The molecular formula is C19H16ClN3O2. The van der Waals surface area contributed by atoms with Crippen molar-refractivity contribution in [3.05, 3.63) is 77.4 Å². The summed E-state index contributed by atoms with van der Waals surface area (Å²) >= 11 is 6.12. The first-order valence-electron chi connectivity index (χ1n) is 7.59. The summed E-state index contributed by atoms with van der Waals surface area (Å²) in [5.41, 5.74) is 2.06. The number of aromatic nitrogens is 1. The lowest BCUT2D eigenvalue weighted by Gasteiger charge is -2.09. The van der Waals surface area contributed by atoms with Gasteiger partial charge in [-0.05, 0) is 42.5 Å². The highest BCUT2D eigenvalue weighted by Crippen LogP contribution is 2.24. The molecule has 3 aromatic rings. The van der Waals surface area contributed by atoms with Crippen LogP contribution in [0.2, 0.25) is 5.02 Å². The van der Waals surface area contributed by atoms with E-state index in [-0.39, 0.29) is 5.91 Å². The van der Waals surface area contributed by atoms with Crippen molar-refractivity contribution in [3.8, 4) is 5.75 Å². The fraction of sp³-hybridized carbons (Fsp3) is 0.0526. The lowest BCUT2D eigenvalue weighted by atomic mass is 10.2. The van der Waals surface area contributed by atoms with Crippen LogP contribution in [0.15, 0.2) is 66.9 Å². The third-order valence-electron chi connectivity index (χ3n) is 3.49. The molecule has 1 aromatic heterocycles. The Hall–Kier alpha value is -3.05. The van der Waals surface area contributed by atoms with Gasteiger partial charge >= 0.3 is 0 Å². The highest BCUT2D eigenvalue weighted by atomic mass is 35.5. The van der Waals surface area contributed by atoms with E-state index in [1.54, 1.807) is 49.7 Å². The Morgan fingerprint density at radius 2 is 1.92 bits per heavy atom. The first-order chi connectivity index (χ1) is 12.2. The van der Waals surface area contributed by atoms with Crippen LogP contribution in [-0.2, 0) is 0 Å². The molecule has 5 nitrogen and oxygen atoms in total. The summed E-state index contributed by atoms with van der Waals surface area (Å²) in [6.45, 7) is 0. The van der Waals surface area contributed by atoms with Gasteiger partial charge in [0.1, 0.15) is 11.6 Å². The van der Waals surface area contributed by atoms with Gasteiger partial charge in [0.25, 0.3) is 5.91 Å². The number of amides is 1. The molecule has 3 rings (SSSR count). The Kier molecular flexibility index (Phi) is 5.16. The molecule has 25 heavy (non-hydrogen) atoms. The van der Waals surface area contributed by atoms with Crippen molar-refractivity contribution in [2.45, 2.75) is 0 Å². The predicted octanol–water partition coefficient (Wildman–Crippen LogP) is 4.74. The van der Waals surface area contributed by atoms with Gasteiger partial charge in [0.2, 0.25) is 0 Å². The quantitative estimate of drug-likeness (QED) is 0.695. The molecule has 0 saturated carbocycles. The maximum atomic E-state index is 12.3. The molecule has 0 unspecified atom stereocenters. The summed E-state index contributed by atoms with van der Waals surface area (Å²) in [6, 6.07) is 17.9. The van der Waals surface area contributed by atoms with Gasteiger partial charge in [-0.1, -0.05) is 29.8 Å². The van der Waals surface area contributed by atoms with Gasteiger partial charge in [0.05, 0.1) is 29.7 Å². The van der Waals surface area contributed by atoms with Gasteiger partial charge in [0.15, 0.2) is 0 Å². The Balaban J connectivity index is 1.68. The number of hydrogen-bond acceptors (Lipinski definition) is 4. The summed E-state index contributed by atoms with van der Waals surface area (Å²) < 4.78 is 5.12. The fourth-order valence-electron chi connectivity index (χ4n) is 2.21. The second kappa shape index (κ2) is 7.68. The molecule has 6 heteroatoms. The summed E-state index contributed by atoms with van der Waals surface area (Å²) in [7, 11) is 1.56.